The molecule has 1 N–H and O–H groups in total. The minimum Gasteiger partial charge on any atom is -0.481 e. The van der Waals surface area contributed by atoms with Crippen molar-refractivity contribution in [3.05, 3.63) is 36.0 Å². The topological polar surface area (TPSA) is 69.4 Å². The molecule has 2 aromatic heterocycles. The van der Waals surface area contributed by atoms with Crippen LogP contribution in [0.3, 0.4) is 0 Å². The average molecular weight is 249 g/mol. The van der Waals surface area contributed by atoms with E-state index in [0.717, 1.165) is 5.76 Å². The van der Waals surface area contributed by atoms with Crippen molar-refractivity contribution >= 4 is 5.82 Å². The Morgan fingerprint density at radius 3 is 2.89 bits per heavy atom. The van der Waals surface area contributed by atoms with Crippen LogP contribution in [0.15, 0.2) is 28.9 Å². The highest BCUT2D eigenvalue weighted by atomic mass is 16.5. The SMILES string of the molecule is COCc1nc(NCc2ccco2)cc(OC)n1. The molecule has 0 bridgehead atoms. The lowest BCUT2D eigenvalue weighted by molar-refractivity contribution is 0.177. The third kappa shape index (κ3) is 3.21. The van der Waals surface area contributed by atoms with Crippen LogP contribution < -0.4 is 10.1 Å². The van der Waals surface area contributed by atoms with E-state index in [1.165, 1.54) is 0 Å². The lowest BCUT2D eigenvalue weighted by atomic mass is 10.4. The summed E-state index contributed by atoms with van der Waals surface area (Å²) in [6.45, 7) is 0.895. The molecule has 18 heavy (non-hydrogen) atoms. The van der Waals surface area contributed by atoms with Gasteiger partial charge in [-0.05, 0) is 12.1 Å². The minimum absolute atomic E-state index is 0.340. The predicted octanol–water partition coefficient (Wildman–Crippen LogP) is 1.84. The molecule has 2 aromatic rings. The Bertz CT molecular complexity index is 485. The quantitative estimate of drug-likeness (QED) is 0.842. The first kappa shape index (κ1) is 12.4. The van der Waals surface area contributed by atoms with E-state index >= 15 is 0 Å². The van der Waals surface area contributed by atoms with Gasteiger partial charge in [0.15, 0.2) is 5.82 Å². The maximum Gasteiger partial charge on any atom is 0.218 e. The largest absolute Gasteiger partial charge is 0.481 e. The molecule has 0 aromatic carbocycles. The summed E-state index contributed by atoms with van der Waals surface area (Å²) in [6.07, 6.45) is 1.63. The first-order chi connectivity index (χ1) is 8.81. The summed E-state index contributed by atoms with van der Waals surface area (Å²) in [5.41, 5.74) is 0. The standard InChI is InChI=1S/C12H15N3O3/c1-16-8-11-14-10(6-12(15-11)17-2)13-7-9-4-3-5-18-9/h3-6H,7-8H2,1-2H3,(H,13,14,15). The molecule has 6 nitrogen and oxygen atoms in total. The second kappa shape index (κ2) is 6.02. The van der Waals surface area contributed by atoms with Crippen LogP contribution >= 0.6 is 0 Å². The third-order valence-electron chi connectivity index (χ3n) is 2.26. The number of aromatic nitrogens is 2. The summed E-state index contributed by atoms with van der Waals surface area (Å²) in [6, 6.07) is 5.46. The van der Waals surface area contributed by atoms with Crippen molar-refractivity contribution in [3.63, 3.8) is 0 Å². The van der Waals surface area contributed by atoms with Crippen molar-refractivity contribution in [3.8, 4) is 5.88 Å². The van der Waals surface area contributed by atoms with E-state index in [1.807, 2.05) is 12.1 Å². The summed E-state index contributed by atoms with van der Waals surface area (Å²) >= 11 is 0. The second-order valence-corrected chi connectivity index (χ2v) is 3.58. The average Bonchev–Trinajstić information content (AvgIpc) is 2.89. The van der Waals surface area contributed by atoms with Crippen LogP contribution in [0.1, 0.15) is 11.6 Å². The lowest BCUT2D eigenvalue weighted by Gasteiger charge is -2.08. The minimum atomic E-state index is 0.340. The molecule has 0 atom stereocenters. The van der Waals surface area contributed by atoms with E-state index in [9.17, 15) is 0 Å². The van der Waals surface area contributed by atoms with Crippen molar-refractivity contribution < 1.29 is 13.9 Å². The first-order valence-electron chi connectivity index (χ1n) is 5.49. The van der Waals surface area contributed by atoms with Crippen LogP contribution in [0, 0.1) is 0 Å². The van der Waals surface area contributed by atoms with Gasteiger partial charge in [-0.25, -0.2) is 4.98 Å². The molecule has 0 amide bonds. The molecule has 96 valence electrons. The summed E-state index contributed by atoms with van der Waals surface area (Å²) in [7, 11) is 3.16. The first-order valence-corrected chi connectivity index (χ1v) is 5.49. The van der Waals surface area contributed by atoms with Crippen molar-refractivity contribution in [1.29, 1.82) is 0 Å². The number of nitrogens with one attached hydrogen (secondary N) is 1. The smallest absolute Gasteiger partial charge is 0.218 e. The van der Waals surface area contributed by atoms with Crippen LogP contribution in [0.25, 0.3) is 0 Å². The van der Waals surface area contributed by atoms with Gasteiger partial charge in [0.25, 0.3) is 0 Å². The van der Waals surface area contributed by atoms with Gasteiger partial charge in [0.1, 0.15) is 18.2 Å². The monoisotopic (exact) mass is 249 g/mol. The molecule has 0 saturated carbocycles. The Labute approximate surface area is 105 Å². The van der Waals surface area contributed by atoms with Crippen molar-refractivity contribution in [2.75, 3.05) is 19.5 Å². The van der Waals surface area contributed by atoms with Gasteiger partial charge in [-0.3, -0.25) is 0 Å². The predicted molar refractivity (Wildman–Crippen MR) is 65.3 cm³/mol. The van der Waals surface area contributed by atoms with Crippen LogP contribution in [-0.2, 0) is 17.9 Å². The molecular weight excluding hydrogens is 234 g/mol. The highest BCUT2D eigenvalue weighted by molar-refractivity contribution is 5.38. The van der Waals surface area contributed by atoms with Crippen LogP contribution in [0.4, 0.5) is 5.82 Å². The van der Waals surface area contributed by atoms with Crippen LogP contribution in [0.2, 0.25) is 0 Å². The fraction of sp³-hybridized carbons (Fsp3) is 0.333. The Balaban J connectivity index is 2.08. The van der Waals surface area contributed by atoms with E-state index in [0.29, 0.717) is 30.7 Å². The van der Waals surface area contributed by atoms with Crippen molar-refractivity contribution in [2.24, 2.45) is 0 Å². The van der Waals surface area contributed by atoms with E-state index in [2.05, 4.69) is 15.3 Å². The Morgan fingerprint density at radius 1 is 1.33 bits per heavy atom. The number of anilines is 1. The van der Waals surface area contributed by atoms with Crippen molar-refractivity contribution in [2.45, 2.75) is 13.2 Å². The lowest BCUT2D eigenvalue weighted by Crippen LogP contribution is -2.06. The molecular formula is C12H15N3O3. The zero-order chi connectivity index (χ0) is 12.8. The number of hydrogen-bond donors (Lipinski definition) is 1. The van der Waals surface area contributed by atoms with Gasteiger partial charge < -0.3 is 19.2 Å². The van der Waals surface area contributed by atoms with E-state index in [-0.39, 0.29) is 0 Å². The number of furan rings is 1. The Morgan fingerprint density at radius 2 is 2.22 bits per heavy atom. The Kier molecular flexibility index (Phi) is 4.14. The van der Waals surface area contributed by atoms with Gasteiger partial charge in [-0.2, -0.15) is 4.98 Å². The van der Waals surface area contributed by atoms with E-state index in [4.69, 9.17) is 13.9 Å². The molecule has 0 radical (unpaired) electrons. The number of methoxy groups -OCH3 is 2. The summed E-state index contributed by atoms with van der Waals surface area (Å²) < 4.78 is 15.3. The van der Waals surface area contributed by atoms with Crippen LogP contribution in [0.5, 0.6) is 5.88 Å². The summed E-state index contributed by atoms with van der Waals surface area (Å²) in [5, 5.41) is 3.14. The number of nitrogens with zero attached hydrogens (tertiary/aromatic N) is 2. The zero-order valence-corrected chi connectivity index (χ0v) is 10.3. The molecule has 0 spiro atoms. The highest BCUT2D eigenvalue weighted by Crippen LogP contribution is 2.14. The molecule has 0 aliphatic rings. The van der Waals surface area contributed by atoms with E-state index < -0.39 is 0 Å². The normalized spacial score (nSPS) is 10.3. The molecule has 0 unspecified atom stereocenters. The van der Waals surface area contributed by atoms with Gasteiger partial charge in [-0.15, -0.1) is 0 Å². The highest BCUT2D eigenvalue weighted by Gasteiger charge is 2.05. The molecule has 0 saturated heterocycles. The summed E-state index contributed by atoms with van der Waals surface area (Å²) in [4.78, 5) is 8.47. The molecule has 0 aliphatic heterocycles. The second-order valence-electron chi connectivity index (χ2n) is 3.58. The molecule has 6 heteroatoms. The maximum atomic E-state index is 5.23. The van der Waals surface area contributed by atoms with Crippen LogP contribution in [-0.4, -0.2) is 24.2 Å². The molecule has 0 fully saturated rings. The zero-order valence-electron chi connectivity index (χ0n) is 10.3. The summed E-state index contributed by atoms with van der Waals surface area (Å²) in [5.74, 6) is 2.57. The number of ether oxygens (including phenoxy) is 2. The number of rotatable bonds is 6. The number of hydrogen-bond acceptors (Lipinski definition) is 6. The van der Waals surface area contributed by atoms with Gasteiger partial charge in [0.05, 0.1) is 19.9 Å². The van der Waals surface area contributed by atoms with Gasteiger partial charge in [0.2, 0.25) is 5.88 Å². The maximum absolute atomic E-state index is 5.23. The fourth-order valence-corrected chi connectivity index (χ4v) is 1.45. The Hall–Kier alpha value is -2.08. The van der Waals surface area contributed by atoms with Gasteiger partial charge in [-0.1, -0.05) is 0 Å². The molecule has 2 rings (SSSR count). The van der Waals surface area contributed by atoms with E-state index in [1.54, 1.807) is 26.5 Å². The van der Waals surface area contributed by atoms with Crippen molar-refractivity contribution in [1.82, 2.24) is 9.97 Å². The molecule has 2 heterocycles. The fourth-order valence-electron chi connectivity index (χ4n) is 1.45. The third-order valence-corrected chi connectivity index (χ3v) is 2.26. The molecule has 0 aliphatic carbocycles. The van der Waals surface area contributed by atoms with Gasteiger partial charge in [0, 0.05) is 13.2 Å². The van der Waals surface area contributed by atoms with Gasteiger partial charge >= 0.3 is 0 Å².